The van der Waals surface area contributed by atoms with E-state index < -0.39 is 5.97 Å². The molecule has 0 radical (unpaired) electrons. The van der Waals surface area contributed by atoms with Crippen LogP contribution in [0.5, 0.6) is 5.75 Å². The molecule has 0 heterocycles. The number of rotatable bonds is 5. The van der Waals surface area contributed by atoms with E-state index >= 15 is 0 Å². The van der Waals surface area contributed by atoms with Crippen LogP contribution in [-0.4, -0.2) is 19.7 Å². The maximum atomic E-state index is 12.0. The third-order valence-electron chi connectivity index (χ3n) is 2.91. The van der Waals surface area contributed by atoms with E-state index in [0.717, 1.165) is 5.56 Å². The van der Waals surface area contributed by atoms with Crippen molar-refractivity contribution >= 4 is 11.7 Å². The predicted molar refractivity (Wildman–Crippen MR) is 77.8 cm³/mol. The second-order valence-corrected chi connectivity index (χ2v) is 4.33. The Kier molecular flexibility index (Phi) is 4.60. The SMILES string of the molecule is COc1ccc(N)cc1C(=O)OCCc1ccccc1. The highest BCUT2D eigenvalue weighted by molar-refractivity contribution is 5.93. The molecule has 0 unspecified atom stereocenters. The first-order valence-electron chi connectivity index (χ1n) is 6.35. The van der Waals surface area contributed by atoms with E-state index in [0.29, 0.717) is 30.0 Å². The van der Waals surface area contributed by atoms with Crippen molar-refractivity contribution in [3.63, 3.8) is 0 Å². The summed E-state index contributed by atoms with van der Waals surface area (Å²) in [5.74, 6) is 0.0361. The van der Waals surface area contributed by atoms with Crippen molar-refractivity contribution in [2.75, 3.05) is 19.5 Å². The molecule has 2 N–H and O–H groups in total. The van der Waals surface area contributed by atoms with Gasteiger partial charge >= 0.3 is 5.97 Å². The van der Waals surface area contributed by atoms with Gasteiger partial charge in [0.15, 0.2) is 0 Å². The average Bonchev–Trinajstić information content (AvgIpc) is 2.48. The summed E-state index contributed by atoms with van der Waals surface area (Å²) in [6.45, 7) is 0.320. The molecule has 0 spiro atoms. The van der Waals surface area contributed by atoms with E-state index in [1.54, 1.807) is 18.2 Å². The van der Waals surface area contributed by atoms with E-state index in [1.807, 2.05) is 30.3 Å². The minimum absolute atomic E-state index is 0.320. The molecule has 2 aromatic carbocycles. The van der Waals surface area contributed by atoms with E-state index in [-0.39, 0.29) is 0 Å². The molecular weight excluding hydrogens is 254 g/mol. The molecule has 0 aliphatic heterocycles. The van der Waals surface area contributed by atoms with E-state index in [4.69, 9.17) is 15.2 Å². The lowest BCUT2D eigenvalue weighted by Crippen LogP contribution is -2.10. The van der Waals surface area contributed by atoms with Crippen molar-refractivity contribution in [3.05, 3.63) is 59.7 Å². The largest absolute Gasteiger partial charge is 0.496 e. The Morgan fingerprint density at radius 3 is 2.60 bits per heavy atom. The number of hydrogen-bond acceptors (Lipinski definition) is 4. The lowest BCUT2D eigenvalue weighted by Gasteiger charge is -2.09. The normalized spacial score (nSPS) is 10.1. The molecule has 20 heavy (non-hydrogen) atoms. The van der Waals surface area contributed by atoms with Gasteiger partial charge in [0.25, 0.3) is 0 Å². The van der Waals surface area contributed by atoms with Crippen LogP contribution in [0.4, 0.5) is 5.69 Å². The van der Waals surface area contributed by atoms with Crippen molar-refractivity contribution in [3.8, 4) is 5.75 Å². The predicted octanol–water partition coefficient (Wildman–Crippen LogP) is 2.68. The van der Waals surface area contributed by atoms with E-state index in [9.17, 15) is 4.79 Å². The molecule has 104 valence electrons. The lowest BCUT2D eigenvalue weighted by atomic mass is 10.1. The second-order valence-electron chi connectivity index (χ2n) is 4.33. The molecular formula is C16H17NO3. The molecule has 0 aliphatic carbocycles. The zero-order valence-electron chi connectivity index (χ0n) is 11.3. The zero-order chi connectivity index (χ0) is 14.4. The van der Waals surface area contributed by atoms with Crippen LogP contribution >= 0.6 is 0 Å². The molecule has 0 bridgehead atoms. The Balaban J connectivity index is 1.97. The third-order valence-corrected chi connectivity index (χ3v) is 2.91. The topological polar surface area (TPSA) is 61.5 Å². The Morgan fingerprint density at radius 1 is 1.15 bits per heavy atom. The summed E-state index contributed by atoms with van der Waals surface area (Å²) in [5, 5.41) is 0. The van der Waals surface area contributed by atoms with Crippen molar-refractivity contribution < 1.29 is 14.3 Å². The Bertz CT molecular complexity index is 582. The molecule has 0 saturated heterocycles. The van der Waals surface area contributed by atoms with Gasteiger partial charge < -0.3 is 15.2 Å². The summed E-state index contributed by atoms with van der Waals surface area (Å²) in [6, 6.07) is 14.7. The van der Waals surface area contributed by atoms with E-state index in [1.165, 1.54) is 7.11 Å². The highest BCUT2D eigenvalue weighted by Gasteiger charge is 2.14. The standard InChI is InChI=1S/C16H17NO3/c1-19-15-8-7-13(17)11-14(15)16(18)20-10-9-12-5-3-2-4-6-12/h2-8,11H,9-10,17H2,1H3. The molecule has 0 amide bonds. The van der Waals surface area contributed by atoms with Gasteiger partial charge in [0.1, 0.15) is 11.3 Å². The molecule has 0 aromatic heterocycles. The summed E-state index contributed by atoms with van der Waals surface area (Å²) < 4.78 is 10.4. The number of nitrogens with two attached hydrogens (primary N) is 1. The number of benzene rings is 2. The first-order valence-corrected chi connectivity index (χ1v) is 6.35. The van der Waals surface area contributed by atoms with Crippen LogP contribution in [-0.2, 0) is 11.2 Å². The minimum atomic E-state index is -0.426. The molecule has 0 fully saturated rings. The molecule has 2 aromatic rings. The fraction of sp³-hybridized carbons (Fsp3) is 0.188. The molecule has 0 aliphatic rings. The van der Waals surface area contributed by atoms with Crippen molar-refractivity contribution in [1.29, 1.82) is 0 Å². The number of hydrogen-bond donors (Lipinski definition) is 1. The number of anilines is 1. The van der Waals surface area contributed by atoms with Crippen molar-refractivity contribution in [1.82, 2.24) is 0 Å². The van der Waals surface area contributed by atoms with Gasteiger partial charge in [0, 0.05) is 12.1 Å². The van der Waals surface area contributed by atoms with Gasteiger partial charge in [0.2, 0.25) is 0 Å². The number of ether oxygens (including phenoxy) is 2. The third kappa shape index (κ3) is 3.51. The summed E-state index contributed by atoms with van der Waals surface area (Å²) in [7, 11) is 1.51. The number of carbonyl (C=O) groups excluding carboxylic acids is 1. The molecule has 0 saturated carbocycles. The summed E-state index contributed by atoms with van der Waals surface area (Å²) >= 11 is 0. The Morgan fingerprint density at radius 2 is 1.90 bits per heavy atom. The zero-order valence-corrected chi connectivity index (χ0v) is 11.3. The first-order chi connectivity index (χ1) is 9.70. The van der Waals surface area contributed by atoms with Gasteiger partial charge in [-0.3, -0.25) is 0 Å². The Hall–Kier alpha value is -2.49. The summed E-state index contributed by atoms with van der Waals surface area (Å²) in [6.07, 6.45) is 0.678. The first kappa shape index (κ1) is 13.9. The van der Waals surface area contributed by atoms with Crippen LogP contribution in [0.15, 0.2) is 48.5 Å². The maximum absolute atomic E-state index is 12.0. The quantitative estimate of drug-likeness (QED) is 0.671. The van der Waals surface area contributed by atoms with Crippen LogP contribution in [0, 0.1) is 0 Å². The van der Waals surface area contributed by atoms with Gasteiger partial charge in [-0.25, -0.2) is 4.79 Å². The average molecular weight is 271 g/mol. The van der Waals surface area contributed by atoms with Gasteiger partial charge in [-0.05, 0) is 23.8 Å². The number of nitrogen functional groups attached to an aromatic ring is 1. The molecule has 0 atom stereocenters. The van der Waals surface area contributed by atoms with E-state index in [2.05, 4.69) is 0 Å². The number of carbonyl (C=O) groups is 1. The maximum Gasteiger partial charge on any atom is 0.342 e. The van der Waals surface area contributed by atoms with Crippen LogP contribution in [0.3, 0.4) is 0 Å². The molecule has 4 heteroatoms. The summed E-state index contributed by atoms with van der Waals surface area (Å²) in [5.41, 5.74) is 7.65. The van der Waals surface area contributed by atoms with Crippen LogP contribution in [0.2, 0.25) is 0 Å². The number of methoxy groups -OCH3 is 1. The lowest BCUT2D eigenvalue weighted by molar-refractivity contribution is 0.0505. The van der Waals surface area contributed by atoms with Crippen LogP contribution < -0.4 is 10.5 Å². The van der Waals surface area contributed by atoms with Gasteiger partial charge in [0.05, 0.1) is 13.7 Å². The van der Waals surface area contributed by atoms with Crippen molar-refractivity contribution in [2.24, 2.45) is 0 Å². The van der Waals surface area contributed by atoms with Crippen LogP contribution in [0.1, 0.15) is 15.9 Å². The van der Waals surface area contributed by atoms with Crippen LogP contribution in [0.25, 0.3) is 0 Å². The van der Waals surface area contributed by atoms with Crippen molar-refractivity contribution in [2.45, 2.75) is 6.42 Å². The van der Waals surface area contributed by atoms with Gasteiger partial charge in [-0.15, -0.1) is 0 Å². The molecule has 2 rings (SSSR count). The highest BCUT2D eigenvalue weighted by Crippen LogP contribution is 2.21. The van der Waals surface area contributed by atoms with Gasteiger partial charge in [-0.2, -0.15) is 0 Å². The fourth-order valence-electron chi connectivity index (χ4n) is 1.87. The van der Waals surface area contributed by atoms with Gasteiger partial charge in [-0.1, -0.05) is 30.3 Å². The smallest absolute Gasteiger partial charge is 0.342 e. The highest BCUT2D eigenvalue weighted by atomic mass is 16.5. The fourth-order valence-corrected chi connectivity index (χ4v) is 1.87. The second kappa shape index (κ2) is 6.61. The minimum Gasteiger partial charge on any atom is -0.496 e. The molecule has 4 nitrogen and oxygen atoms in total. The summed E-state index contributed by atoms with van der Waals surface area (Å²) in [4.78, 5) is 12.0. The number of esters is 1. The monoisotopic (exact) mass is 271 g/mol. The Labute approximate surface area is 118 Å².